The molecule has 4 aliphatic rings. The normalized spacial score (nSPS) is 33.6. The predicted molar refractivity (Wildman–Crippen MR) is 160 cm³/mol. The van der Waals surface area contributed by atoms with Crippen molar-refractivity contribution >= 4 is 35.2 Å². The van der Waals surface area contributed by atoms with Crippen molar-refractivity contribution in [1.82, 2.24) is 10.2 Å². The number of nitrogens with one attached hydrogen (secondary N) is 2. The number of carbonyl (C=O) groups excluding carboxylic acids is 3. The summed E-state index contributed by atoms with van der Waals surface area (Å²) in [4.78, 5) is 44.9. The van der Waals surface area contributed by atoms with Crippen LogP contribution in [-0.2, 0) is 25.7 Å². The molecule has 2 aromatic rings. The van der Waals surface area contributed by atoms with Crippen LogP contribution in [0.3, 0.4) is 0 Å². The summed E-state index contributed by atoms with van der Waals surface area (Å²) in [7, 11) is 0. The quantitative estimate of drug-likeness (QED) is 0.362. The number of fused-ring (bicyclic) bond motifs is 1. The van der Waals surface area contributed by atoms with Crippen LogP contribution in [0.4, 0.5) is 5.69 Å². The van der Waals surface area contributed by atoms with Gasteiger partial charge in [-0.15, -0.1) is 11.8 Å². The third-order valence-electron chi connectivity index (χ3n) is 9.77. The van der Waals surface area contributed by atoms with Crippen LogP contribution in [0.2, 0.25) is 0 Å². The van der Waals surface area contributed by atoms with Crippen LogP contribution in [0.15, 0.2) is 65.6 Å². The number of hydrogen-bond acceptors (Lipinski definition) is 5. The highest BCUT2D eigenvalue weighted by Crippen LogP contribution is 2.55. The minimum absolute atomic E-state index is 0.0448. The monoisotopic (exact) mass is 573 g/mol. The molecule has 8 heteroatoms. The van der Waals surface area contributed by atoms with E-state index in [2.05, 4.69) is 24.5 Å². The molecule has 2 bridgehead atoms. The topological polar surface area (TPSA) is 87.7 Å². The second-order valence-electron chi connectivity index (χ2n) is 12.3. The van der Waals surface area contributed by atoms with Crippen molar-refractivity contribution in [3.8, 4) is 0 Å². The highest BCUT2D eigenvalue weighted by molar-refractivity contribution is 7.98. The van der Waals surface area contributed by atoms with Gasteiger partial charge >= 0.3 is 0 Å². The minimum atomic E-state index is -1.18. The molecule has 1 aliphatic carbocycles. The number of ether oxygens (including phenoxy) is 1. The molecule has 1 saturated carbocycles. The number of benzene rings is 2. The van der Waals surface area contributed by atoms with Crippen LogP contribution < -0.4 is 10.6 Å². The van der Waals surface area contributed by atoms with Gasteiger partial charge in [0.15, 0.2) is 0 Å². The Morgan fingerprint density at radius 1 is 1.10 bits per heavy atom. The fourth-order valence-electron chi connectivity index (χ4n) is 7.30. The Bertz CT molecular complexity index is 1380. The van der Waals surface area contributed by atoms with Crippen LogP contribution in [0.1, 0.15) is 44.2 Å². The van der Waals surface area contributed by atoms with Gasteiger partial charge in [-0.25, -0.2) is 0 Å². The zero-order chi connectivity index (χ0) is 28.9. The molecular formula is C33H39N3O4S. The first-order chi connectivity index (χ1) is 19.7. The van der Waals surface area contributed by atoms with Gasteiger partial charge in [0, 0.05) is 23.2 Å². The maximum absolute atomic E-state index is 14.3. The Balaban J connectivity index is 1.32. The first-order valence-electron chi connectivity index (χ1n) is 14.7. The van der Waals surface area contributed by atoms with Gasteiger partial charge in [0.1, 0.15) is 11.6 Å². The Morgan fingerprint density at radius 3 is 2.63 bits per heavy atom. The van der Waals surface area contributed by atoms with Crippen molar-refractivity contribution in [2.45, 2.75) is 75.3 Å². The van der Waals surface area contributed by atoms with Crippen molar-refractivity contribution in [3.05, 3.63) is 71.8 Å². The average Bonchev–Trinajstić information content (AvgIpc) is 3.60. The molecule has 8 atom stereocenters. The maximum Gasteiger partial charge on any atom is 0.246 e. The third-order valence-corrected chi connectivity index (χ3v) is 10.5. The van der Waals surface area contributed by atoms with Gasteiger partial charge in [0.05, 0.1) is 17.9 Å². The fourth-order valence-corrected chi connectivity index (χ4v) is 7.76. The van der Waals surface area contributed by atoms with Crippen molar-refractivity contribution < 1.29 is 19.1 Å². The van der Waals surface area contributed by atoms with E-state index in [0.29, 0.717) is 17.5 Å². The summed E-state index contributed by atoms with van der Waals surface area (Å²) in [6.45, 7) is 6.73. The Kier molecular flexibility index (Phi) is 7.49. The highest BCUT2D eigenvalue weighted by Gasteiger charge is 2.72. The molecule has 3 fully saturated rings. The summed E-state index contributed by atoms with van der Waals surface area (Å²) in [6.07, 6.45) is 8.32. The zero-order valence-electron chi connectivity index (χ0n) is 24.1. The Morgan fingerprint density at radius 2 is 1.88 bits per heavy atom. The minimum Gasteiger partial charge on any atom is -0.359 e. The lowest BCUT2D eigenvalue weighted by Gasteiger charge is -2.38. The Hall–Kier alpha value is -3.10. The van der Waals surface area contributed by atoms with E-state index >= 15 is 0 Å². The van der Waals surface area contributed by atoms with Gasteiger partial charge in [-0.2, -0.15) is 0 Å². The number of amides is 3. The lowest BCUT2D eigenvalue weighted by atomic mass is 9.73. The van der Waals surface area contributed by atoms with E-state index in [1.54, 1.807) is 16.7 Å². The smallest absolute Gasteiger partial charge is 0.246 e. The van der Waals surface area contributed by atoms with Crippen LogP contribution in [0.5, 0.6) is 0 Å². The number of likely N-dealkylation sites (tertiary alicyclic amines) is 1. The van der Waals surface area contributed by atoms with Gasteiger partial charge in [0.2, 0.25) is 17.7 Å². The first-order valence-corrected chi connectivity index (χ1v) is 15.9. The summed E-state index contributed by atoms with van der Waals surface area (Å²) in [5.41, 5.74) is 1.56. The number of nitrogens with zero attached hydrogens (tertiary/aromatic N) is 1. The van der Waals surface area contributed by atoms with Gasteiger partial charge in [0.25, 0.3) is 0 Å². The summed E-state index contributed by atoms with van der Waals surface area (Å²) < 4.78 is 6.53. The molecule has 1 spiro atoms. The molecule has 216 valence electrons. The number of rotatable bonds is 7. The van der Waals surface area contributed by atoms with Crippen molar-refractivity contribution in [2.75, 3.05) is 11.6 Å². The number of aryl methyl sites for hydroxylation is 1. The van der Waals surface area contributed by atoms with Crippen molar-refractivity contribution in [1.29, 1.82) is 0 Å². The molecule has 3 heterocycles. The molecule has 2 saturated heterocycles. The molecule has 2 aromatic carbocycles. The number of hydrogen-bond donors (Lipinski definition) is 2. The highest BCUT2D eigenvalue weighted by atomic mass is 32.2. The molecule has 6 unspecified atom stereocenters. The predicted octanol–water partition coefficient (Wildman–Crippen LogP) is 4.95. The van der Waals surface area contributed by atoms with Crippen molar-refractivity contribution in [3.63, 3.8) is 0 Å². The molecule has 3 amide bonds. The molecule has 6 rings (SSSR count). The van der Waals surface area contributed by atoms with E-state index in [-0.39, 0.29) is 30.3 Å². The zero-order valence-corrected chi connectivity index (χ0v) is 24.9. The average molecular weight is 574 g/mol. The molecule has 0 aromatic heterocycles. The fraction of sp³-hybridized carbons (Fsp3) is 0.485. The van der Waals surface area contributed by atoms with Gasteiger partial charge in [-0.05, 0) is 55.2 Å². The van der Waals surface area contributed by atoms with Gasteiger partial charge in [-0.1, -0.05) is 74.7 Å². The van der Waals surface area contributed by atoms with Crippen LogP contribution in [0, 0.1) is 30.6 Å². The van der Waals surface area contributed by atoms with E-state index in [1.807, 2.05) is 73.9 Å². The maximum atomic E-state index is 14.3. The lowest BCUT2D eigenvalue weighted by molar-refractivity contribution is -0.142. The first kappa shape index (κ1) is 28.0. The molecule has 7 nitrogen and oxygen atoms in total. The molecule has 0 radical (unpaired) electrons. The summed E-state index contributed by atoms with van der Waals surface area (Å²) in [5.74, 6) is -1.30. The van der Waals surface area contributed by atoms with E-state index in [1.165, 1.54) is 0 Å². The third kappa shape index (κ3) is 4.89. The van der Waals surface area contributed by atoms with E-state index in [9.17, 15) is 14.4 Å². The van der Waals surface area contributed by atoms with Crippen molar-refractivity contribution in [2.24, 2.45) is 23.7 Å². The van der Waals surface area contributed by atoms with E-state index in [4.69, 9.17) is 4.74 Å². The second kappa shape index (κ2) is 11.0. The summed E-state index contributed by atoms with van der Waals surface area (Å²) in [5, 5.41) is 6.35. The second-order valence-corrected chi connectivity index (χ2v) is 13.1. The standard InChI is InChI=1S/C33H39N3O4S/c1-19-11-13-22(14-12-19)18-36-29(31(38)35-25-10-5-7-20(2)21(25)3)33-16-15-26(40-33)27(28(33)32(36)39)30(37)34-23-8-6-9-24(17-23)41-4/h6,8-9,11-17,20-21,25-29H,5,7,10,18H2,1-4H3,(H,34,37)(H,35,38)/t20?,21?,25?,26-,27?,28-,29?,33?/m0/s1. The SMILES string of the molecule is CSc1cccc(NC(=O)C2[C@@H]3C=CC4(O3)C(C(=O)NC3CCCC(C)C3C)N(Cc3ccc(C)cc3)C(=O)[C@H]24)c1. The molecular weight excluding hydrogens is 534 g/mol. The van der Waals surface area contributed by atoms with E-state index in [0.717, 1.165) is 35.3 Å². The van der Waals surface area contributed by atoms with Crippen LogP contribution in [-0.4, -0.2) is 52.7 Å². The summed E-state index contributed by atoms with van der Waals surface area (Å²) in [6, 6.07) is 14.8. The number of thioether (sulfide) groups is 1. The lowest BCUT2D eigenvalue weighted by Crippen LogP contribution is -2.57. The summed E-state index contributed by atoms with van der Waals surface area (Å²) >= 11 is 1.60. The number of anilines is 1. The molecule has 41 heavy (non-hydrogen) atoms. The van der Waals surface area contributed by atoms with E-state index < -0.39 is 29.6 Å². The van der Waals surface area contributed by atoms with Crippen LogP contribution in [0.25, 0.3) is 0 Å². The molecule has 2 N–H and O–H groups in total. The molecule has 3 aliphatic heterocycles. The van der Waals surface area contributed by atoms with Gasteiger partial charge < -0.3 is 20.3 Å². The van der Waals surface area contributed by atoms with Crippen LogP contribution >= 0.6 is 11.8 Å². The Labute approximate surface area is 246 Å². The largest absolute Gasteiger partial charge is 0.359 e. The van der Waals surface area contributed by atoms with Gasteiger partial charge in [-0.3, -0.25) is 14.4 Å². The number of carbonyl (C=O) groups is 3.